The number of aliphatic hydroxyl groups is 1. The first-order chi connectivity index (χ1) is 9.99. The predicted molar refractivity (Wildman–Crippen MR) is 90.1 cm³/mol. The topological polar surface area (TPSA) is 20.2 Å². The van der Waals surface area contributed by atoms with Gasteiger partial charge in [0.25, 0.3) is 0 Å². The van der Waals surface area contributed by atoms with E-state index in [1.165, 1.54) is 27.8 Å². The third kappa shape index (κ3) is 4.33. The molecule has 0 amide bonds. The van der Waals surface area contributed by atoms with Crippen LogP contribution in [0.5, 0.6) is 0 Å². The largest absolute Gasteiger partial charge is 0.396 e. The fraction of sp³-hybridized carbons (Fsp3) is 0.368. The molecule has 0 saturated heterocycles. The maximum absolute atomic E-state index is 9.71. The summed E-state index contributed by atoms with van der Waals surface area (Å²) >= 11 is 5.92. The Bertz CT molecular complexity index is 578. The zero-order valence-corrected chi connectivity index (χ0v) is 13.7. The molecule has 0 radical (unpaired) electrons. The molecule has 0 aliphatic rings. The molecule has 1 atom stereocenters. The number of aliphatic hydroxyl groups excluding tert-OH is 1. The molecular formula is C19H23ClO. The highest BCUT2D eigenvalue weighted by atomic mass is 35.5. The smallest absolute Gasteiger partial charge is 0.0465 e. The predicted octanol–water partition coefficient (Wildman–Crippen LogP) is 4.66. The van der Waals surface area contributed by atoms with Crippen molar-refractivity contribution in [3.63, 3.8) is 0 Å². The number of halogens is 1. The molecule has 0 aliphatic heterocycles. The van der Waals surface area contributed by atoms with Crippen molar-refractivity contribution in [2.45, 2.75) is 33.6 Å². The minimum atomic E-state index is 0.204. The summed E-state index contributed by atoms with van der Waals surface area (Å²) < 4.78 is 0. The van der Waals surface area contributed by atoms with Crippen molar-refractivity contribution in [1.82, 2.24) is 0 Å². The number of rotatable bonds is 5. The van der Waals surface area contributed by atoms with Crippen LogP contribution in [0.25, 0.3) is 0 Å². The molecule has 1 nitrogen and oxygen atoms in total. The second-order valence-electron chi connectivity index (χ2n) is 5.96. The Morgan fingerprint density at radius 1 is 0.952 bits per heavy atom. The molecule has 112 valence electrons. The van der Waals surface area contributed by atoms with Crippen molar-refractivity contribution in [2.75, 3.05) is 6.61 Å². The molecule has 0 spiro atoms. The molecular weight excluding hydrogens is 280 g/mol. The van der Waals surface area contributed by atoms with E-state index in [0.717, 1.165) is 17.9 Å². The second kappa shape index (κ2) is 7.11. The summed E-state index contributed by atoms with van der Waals surface area (Å²) in [5.74, 6) is 0.242. The van der Waals surface area contributed by atoms with Crippen LogP contribution in [0.4, 0.5) is 0 Å². The first-order valence-corrected chi connectivity index (χ1v) is 7.79. The van der Waals surface area contributed by atoms with E-state index in [1.54, 1.807) is 0 Å². The SMILES string of the molecule is Cc1cc(C)c(CC(CO)Cc2ccc(Cl)cc2)c(C)c1. The van der Waals surface area contributed by atoms with Crippen LogP contribution in [0.1, 0.15) is 27.8 Å². The molecule has 2 heteroatoms. The van der Waals surface area contributed by atoms with Crippen LogP contribution in [0.15, 0.2) is 36.4 Å². The molecule has 0 saturated carbocycles. The Hall–Kier alpha value is -1.31. The van der Waals surface area contributed by atoms with Gasteiger partial charge in [0.05, 0.1) is 0 Å². The maximum atomic E-state index is 9.71. The van der Waals surface area contributed by atoms with Gasteiger partial charge in [-0.25, -0.2) is 0 Å². The van der Waals surface area contributed by atoms with Crippen molar-refractivity contribution in [3.05, 3.63) is 69.2 Å². The average Bonchev–Trinajstić information content (AvgIpc) is 2.43. The average molecular weight is 303 g/mol. The van der Waals surface area contributed by atoms with E-state index in [1.807, 2.05) is 24.3 Å². The van der Waals surface area contributed by atoms with Crippen LogP contribution in [-0.2, 0) is 12.8 Å². The standard InChI is InChI=1S/C19H23ClO/c1-13-8-14(2)19(15(3)9-13)11-17(12-21)10-16-4-6-18(20)7-5-16/h4-9,17,21H,10-12H2,1-3H3. The van der Waals surface area contributed by atoms with Crippen molar-refractivity contribution >= 4 is 11.6 Å². The van der Waals surface area contributed by atoms with Crippen LogP contribution < -0.4 is 0 Å². The van der Waals surface area contributed by atoms with Gasteiger partial charge in [-0.05, 0) is 73.9 Å². The number of hydrogen-bond acceptors (Lipinski definition) is 1. The number of aryl methyl sites for hydroxylation is 3. The molecule has 0 fully saturated rings. The molecule has 1 N–H and O–H groups in total. The molecule has 0 aliphatic carbocycles. The zero-order chi connectivity index (χ0) is 15.4. The molecule has 0 heterocycles. The Kier molecular flexibility index (Phi) is 5.44. The van der Waals surface area contributed by atoms with Crippen LogP contribution in [-0.4, -0.2) is 11.7 Å². The van der Waals surface area contributed by atoms with Gasteiger partial charge in [-0.2, -0.15) is 0 Å². The molecule has 2 aromatic rings. The highest BCUT2D eigenvalue weighted by Gasteiger charge is 2.13. The van der Waals surface area contributed by atoms with E-state index in [2.05, 4.69) is 32.9 Å². The lowest BCUT2D eigenvalue weighted by Gasteiger charge is -2.18. The Morgan fingerprint density at radius 2 is 1.52 bits per heavy atom. The van der Waals surface area contributed by atoms with Crippen LogP contribution in [0.3, 0.4) is 0 Å². The lowest BCUT2D eigenvalue weighted by molar-refractivity contribution is 0.224. The van der Waals surface area contributed by atoms with Gasteiger partial charge >= 0.3 is 0 Å². The number of hydrogen-bond donors (Lipinski definition) is 1. The minimum Gasteiger partial charge on any atom is -0.396 e. The lowest BCUT2D eigenvalue weighted by Crippen LogP contribution is -2.14. The molecule has 1 unspecified atom stereocenters. The van der Waals surface area contributed by atoms with Crippen LogP contribution in [0.2, 0.25) is 5.02 Å². The Morgan fingerprint density at radius 3 is 2.05 bits per heavy atom. The fourth-order valence-corrected chi connectivity index (χ4v) is 3.10. The molecule has 2 aromatic carbocycles. The first-order valence-electron chi connectivity index (χ1n) is 7.41. The lowest BCUT2D eigenvalue weighted by atomic mass is 9.88. The Labute approximate surface area is 132 Å². The van der Waals surface area contributed by atoms with E-state index in [0.29, 0.717) is 0 Å². The fourth-order valence-electron chi connectivity index (χ4n) is 2.98. The van der Waals surface area contributed by atoms with Gasteiger partial charge in [0.15, 0.2) is 0 Å². The molecule has 0 bridgehead atoms. The zero-order valence-electron chi connectivity index (χ0n) is 13.0. The summed E-state index contributed by atoms with van der Waals surface area (Å²) in [5.41, 5.74) is 6.53. The van der Waals surface area contributed by atoms with Gasteiger partial charge in [-0.15, -0.1) is 0 Å². The quantitative estimate of drug-likeness (QED) is 0.851. The third-order valence-corrected chi connectivity index (χ3v) is 4.28. The monoisotopic (exact) mass is 302 g/mol. The van der Waals surface area contributed by atoms with Gasteiger partial charge in [0.2, 0.25) is 0 Å². The summed E-state index contributed by atoms with van der Waals surface area (Å²) in [7, 11) is 0. The van der Waals surface area contributed by atoms with Gasteiger partial charge in [0.1, 0.15) is 0 Å². The molecule has 21 heavy (non-hydrogen) atoms. The molecule has 2 rings (SSSR count). The van der Waals surface area contributed by atoms with E-state index in [9.17, 15) is 5.11 Å². The van der Waals surface area contributed by atoms with E-state index >= 15 is 0 Å². The first kappa shape index (κ1) is 16.1. The van der Waals surface area contributed by atoms with E-state index in [-0.39, 0.29) is 12.5 Å². The van der Waals surface area contributed by atoms with E-state index in [4.69, 9.17) is 11.6 Å². The highest BCUT2D eigenvalue weighted by Crippen LogP contribution is 2.22. The van der Waals surface area contributed by atoms with Crippen molar-refractivity contribution < 1.29 is 5.11 Å². The van der Waals surface area contributed by atoms with Crippen molar-refractivity contribution in [3.8, 4) is 0 Å². The van der Waals surface area contributed by atoms with Gasteiger partial charge in [-0.1, -0.05) is 41.4 Å². The van der Waals surface area contributed by atoms with Gasteiger partial charge in [0, 0.05) is 11.6 Å². The third-order valence-electron chi connectivity index (χ3n) is 4.03. The van der Waals surface area contributed by atoms with E-state index < -0.39 is 0 Å². The summed E-state index contributed by atoms with van der Waals surface area (Å²) in [5, 5.41) is 10.5. The number of benzene rings is 2. The maximum Gasteiger partial charge on any atom is 0.0465 e. The normalized spacial score (nSPS) is 12.4. The van der Waals surface area contributed by atoms with Gasteiger partial charge in [-0.3, -0.25) is 0 Å². The van der Waals surface area contributed by atoms with Crippen molar-refractivity contribution in [1.29, 1.82) is 0 Å². The van der Waals surface area contributed by atoms with Crippen LogP contribution >= 0.6 is 11.6 Å². The van der Waals surface area contributed by atoms with Crippen molar-refractivity contribution in [2.24, 2.45) is 5.92 Å². The van der Waals surface area contributed by atoms with Gasteiger partial charge < -0.3 is 5.11 Å². The van der Waals surface area contributed by atoms with Crippen LogP contribution in [0, 0.1) is 26.7 Å². The second-order valence-corrected chi connectivity index (χ2v) is 6.40. The summed E-state index contributed by atoms with van der Waals surface area (Å²) in [4.78, 5) is 0. The summed E-state index contributed by atoms with van der Waals surface area (Å²) in [6.45, 7) is 6.65. The summed E-state index contributed by atoms with van der Waals surface area (Å²) in [6, 6.07) is 12.3. The Balaban J connectivity index is 2.14. The highest BCUT2D eigenvalue weighted by molar-refractivity contribution is 6.30. The minimum absolute atomic E-state index is 0.204. The molecule has 0 aromatic heterocycles. The summed E-state index contributed by atoms with van der Waals surface area (Å²) in [6.07, 6.45) is 1.79.